The molecule has 158 valence electrons. The first kappa shape index (κ1) is 20.6. The maximum atomic E-state index is 13.3. The molecule has 2 aliphatic rings. The van der Waals surface area contributed by atoms with E-state index in [0.29, 0.717) is 38.9 Å². The molecular formula is C25H31N3O2. The molecule has 30 heavy (non-hydrogen) atoms. The van der Waals surface area contributed by atoms with E-state index in [1.54, 1.807) is 6.20 Å². The van der Waals surface area contributed by atoms with Gasteiger partial charge in [0.25, 0.3) is 0 Å². The summed E-state index contributed by atoms with van der Waals surface area (Å²) in [5.74, 6) is 0.648. The van der Waals surface area contributed by atoms with Gasteiger partial charge in [-0.25, -0.2) is 0 Å². The second kappa shape index (κ2) is 8.99. The molecule has 2 amide bonds. The van der Waals surface area contributed by atoms with Gasteiger partial charge in [-0.05, 0) is 55.7 Å². The summed E-state index contributed by atoms with van der Waals surface area (Å²) in [6.45, 7) is 4.10. The van der Waals surface area contributed by atoms with Gasteiger partial charge in [0.1, 0.15) is 0 Å². The lowest BCUT2D eigenvalue weighted by atomic mass is 9.72. The first-order valence-electron chi connectivity index (χ1n) is 11.2. The lowest BCUT2D eigenvalue weighted by Crippen LogP contribution is -2.51. The standard InChI is InChI=1S/C25H31N3O2/c1-2-13-27-24(30)25(11-15-28(16-12-25)23(29)19-9-10-19)17-20-6-3-4-8-22(20)21-7-5-14-26-18-21/h3-8,14,18-19H,2,9-13,15-17H2,1H3,(H,27,30). The Kier molecular flexibility index (Phi) is 6.16. The molecule has 1 saturated heterocycles. The SMILES string of the molecule is CCCNC(=O)C1(Cc2ccccc2-c2cccnc2)CCN(C(=O)C2CC2)CC1. The number of carbonyl (C=O) groups excluding carboxylic acids is 2. The molecule has 1 aromatic heterocycles. The Hall–Kier alpha value is -2.69. The number of carbonyl (C=O) groups is 2. The number of hydrogen-bond donors (Lipinski definition) is 1. The van der Waals surface area contributed by atoms with Gasteiger partial charge in [-0.15, -0.1) is 0 Å². The molecule has 2 heterocycles. The van der Waals surface area contributed by atoms with Crippen LogP contribution in [0.5, 0.6) is 0 Å². The van der Waals surface area contributed by atoms with Gasteiger partial charge in [-0.3, -0.25) is 14.6 Å². The van der Waals surface area contributed by atoms with Gasteiger partial charge in [0.2, 0.25) is 11.8 Å². The van der Waals surface area contributed by atoms with Crippen molar-refractivity contribution in [2.24, 2.45) is 11.3 Å². The smallest absolute Gasteiger partial charge is 0.226 e. The lowest BCUT2D eigenvalue weighted by molar-refractivity contribution is -0.141. The fraction of sp³-hybridized carbons (Fsp3) is 0.480. The highest BCUT2D eigenvalue weighted by atomic mass is 16.2. The number of pyridine rings is 1. The average molecular weight is 406 g/mol. The summed E-state index contributed by atoms with van der Waals surface area (Å²) in [5.41, 5.74) is 2.89. The van der Waals surface area contributed by atoms with Crippen molar-refractivity contribution in [1.29, 1.82) is 0 Å². The van der Waals surface area contributed by atoms with Crippen LogP contribution in [0.4, 0.5) is 0 Å². The summed E-state index contributed by atoms with van der Waals surface area (Å²) in [6.07, 6.45) is 8.72. The van der Waals surface area contributed by atoms with Gasteiger partial charge >= 0.3 is 0 Å². The summed E-state index contributed by atoms with van der Waals surface area (Å²) in [6, 6.07) is 12.3. The number of benzene rings is 1. The predicted molar refractivity (Wildman–Crippen MR) is 118 cm³/mol. The number of piperidine rings is 1. The highest BCUT2D eigenvalue weighted by molar-refractivity contribution is 5.85. The lowest BCUT2D eigenvalue weighted by Gasteiger charge is -2.41. The molecule has 1 N–H and O–H groups in total. The summed E-state index contributed by atoms with van der Waals surface area (Å²) >= 11 is 0. The van der Waals surface area contributed by atoms with Crippen LogP contribution in [0, 0.1) is 11.3 Å². The van der Waals surface area contributed by atoms with Crippen LogP contribution in [-0.2, 0) is 16.0 Å². The molecule has 1 saturated carbocycles. The van der Waals surface area contributed by atoms with Gasteiger partial charge in [0.15, 0.2) is 0 Å². The Bertz CT molecular complexity index is 884. The minimum absolute atomic E-state index is 0.129. The van der Waals surface area contributed by atoms with Crippen molar-refractivity contribution in [2.75, 3.05) is 19.6 Å². The van der Waals surface area contributed by atoms with Crippen LogP contribution in [0.15, 0.2) is 48.8 Å². The number of rotatable bonds is 7. The van der Waals surface area contributed by atoms with Crippen molar-refractivity contribution < 1.29 is 9.59 Å². The van der Waals surface area contributed by atoms with Gasteiger partial charge < -0.3 is 10.2 Å². The fourth-order valence-corrected chi connectivity index (χ4v) is 4.50. The van der Waals surface area contributed by atoms with Gasteiger partial charge in [-0.2, -0.15) is 0 Å². The highest BCUT2D eigenvalue weighted by Gasteiger charge is 2.44. The van der Waals surface area contributed by atoms with E-state index in [-0.39, 0.29) is 17.7 Å². The van der Waals surface area contributed by atoms with E-state index in [9.17, 15) is 9.59 Å². The van der Waals surface area contributed by atoms with Crippen molar-refractivity contribution in [2.45, 2.75) is 45.4 Å². The van der Waals surface area contributed by atoms with Gasteiger partial charge in [-0.1, -0.05) is 37.3 Å². The van der Waals surface area contributed by atoms with Crippen LogP contribution in [0.3, 0.4) is 0 Å². The Morgan fingerprint density at radius 2 is 1.90 bits per heavy atom. The number of nitrogens with zero attached hydrogens (tertiary/aromatic N) is 2. The second-order valence-electron chi connectivity index (χ2n) is 8.71. The molecule has 1 aliphatic heterocycles. The first-order chi connectivity index (χ1) is 14.6. The minimum Gasteiger partial charge on any atom is -0.356 e. The average Bonchev–Trinajstić information content (AvgIpc) is 3.64. The zero-order valence-corrected chi connectivity index (χ0v) is 17.8. The molecule has 2 aromatic rings. The van der Waals surface area contributed by atoms with E-state index in [0.717, 1.165) is 30.4 Å². The zero-order chi connectivity index (χ0) is 21.0. The Labute approximate surface area is 178 Å². The normalized spacial score (nSPS) is 18.1. The largest absolute Gasteiger partial charge is 0.356 e. The van der Waals surface area contributed by atoms with Crippen LogP contribution in [0.2, 0.25) is 0 Å². The van der Waals surface area contributed by atoms with Crippen molar-refractivity contribution in [3.05, 3.63) is 54.4 Å². The van der Waals surface area contributed by atoms with Gasteiger partial charge in [0.05, 0.1) is 5.41 Å². The number of hydrogen-bond acceptors (Lipinski definition) is 3. The van der Waals surface area contributed by atoms with Crippen LogP contribution in [-0.4, -0.2) is 41.3 Å². The summed E-state index contributed by atoms with van der Waals surface area (Å²) in [7, 11) is 0. The number of nitrogens with one attached hydrogen (secondary N) is 1. The second-order valence-corrected chi connectivity index (χ2v) is 8.71. The first-order valence-corrected chi connectivity index (χ1v) is 11.2. The van der Waals surface area contributed by atoms with Crippen LogP contribution >= 0.6 is 0 Å². The third-order valence-electron chi connectivity index (χ3n) is 6.49. The Morgan fingerprint density at radius 1 is 1.13 bits per heavy atom. The molecule has 1 aliphatic carbocycles. The minimum atomic E-state index is -0.478. The van der Waals surface area contributed by atoms with Crippen LogP contribution in [0.25, 0.3) is 11.1 Å². The van der Waals surface area contributed by atoms with Crippen LogP contribution < -0.4 is 5.32 Å². The maximum Gasteiger partial charge on any atom is 0.226 e. The highest BCUT2D eigenvalue weighted by Crippen LogP contribution is 2.40. The zero-order valence-electron chi connectivity index (χ0n) is 17.8. The third kappa shape index (κ3) is 4.40. The molecule has 4 rings (SSSR count). The van der Waals surface area contributed by atoms with Crippen molar-refractivity contribution >= 4 is 11.8 Å². The fourth-order valence-electron chi connectivity index (χ4n) is 4.50. The van der Waals surface area contributed by atoms with Crippen molar-refractivity contribution in [3.8, 4) is 11.1 Å². The number of amides is 2. The third-order valence-corrected chi connectivity index (χ3v) is 6.49. The molecule has 0 unspecified atom stereocenters. The maximum absolute atomic E-state index is 13.3. The van der Waals surface area contributed by atoms with E-state index >= 15 is 0 Å². The van der Waals surface area contributed by atoms with E-state index in [1.165, 1.54) is 5.56 Å². The quantitative estimate of drug-likeness (QED) is 0.761. The molecule has 0 radical (unpaired) electrons. The molecule has 0 spiro atoms. The van der Waals surface area contributed by atoms with E-state index in [2.05, 4.69) is 35.4 Å². The van der Waals surface area contributed by atoms with E-state index in [1.807, 2.05) is 29.3 Å². The molecule has 5 heteroatoms. The monoisotopic (exact) mass is 405 g/mol. The molecule has 1 aromatic carbocycles. The Morgan fingerprint density at radius 3 is 2.57 bits per heavy atom. The van der Waals surface area contributed by atoms with Crippen molar-refractivity contribution in [1.82, 2.24) is 15.2 Å². The van der Waals surface area contributed by atoms with E-state index < -0.39 is 5.41 Å². The molecule has 5 nitrogen and oxygen atoms in total. The predicted octanol–water partition coefficient (Wildman–Crippen LogP) is 3.84. The molecule has 2 fully saturated rings. The topological polar surface area (TPSA) is 62.3 Å². The molecule has 0 atom stereocenters. The number of aromatic nitrogens is 1. The molecule has 0 bridgehead atoms. The van der Waals surface area contributed by atoms with Gasteiger partial charge in [0, 0.05) is 43.5 Å². The number of likely N-dealkylation sites (tertiary alicyclic amines) is 1. The van der Waals surface area contributed by atoms with E-state index in [4.69, 9.17) is 0 Å². The summed E-state index contributed by atoms with van der Waals surface area (Å²) in [4.78, 5) is 32.1. The molecular weight excluding hydrogens is 374 g/mol. The van der Waals surface area contributed by atoms with Crippen molar-refractivity contribution in [3.63, 3.8) is 0 Å². The van der Waals surface area contributed by atoms with Crippen LogP contribution in [0.1, 0.15) is 44.6 Å². The summed E-state index contributed by atoms with van der Waals surface area (Å²) < 4.78 is 0. The Balaban J connectivity index is 1.59. The summed E-state index contributed by atoms with van der Waals surface area (Å²) in [5, 5.41) is 3.15.